The maximum absolute atomic E-state index is 13.3. The lowest BCUT2D eigenvalue weighted by Crippen LogP contribution is -2.48. The Morgan fingerprint density at radius 3 is 2.71 bits per heavy atom. The smallest absolute Gasteiger partial charge is 0.416 e. The van der Waals surface area contributed by atoms with Gasteiger partial charge in [-0.2, -0.15) is 13.2 Å². The summed E-state index contributed by atoms with van der Waals surface area (Å²) in [6, 6.07) is 5.26. The summed E-state index contributed by atoms with van der Waals surface area (Å²) in [4.78, 5) is 22.8. The Labute approximate surface area is 158 Å². The number of aliphatic imine (C=N–C) groups is 1. The normalized spacial score (nSPS) is 21.3. The van der Waals surface area contributed by atoms with Crippen LogP contribution < -0.4 is 9.64 Å². The number of Topliss-reactive ketones (excluding diaryl/α,β-unsaturated/α-hetero) is 1. The molecule has 0 saturated carbocycles. The number of hydrogen-bond donors (Lipinski definition) is 1. The first-order valence-corrected chi connectivity index (χ1v) is 8.51. The average Bonchev–Trinajstić information content (AvgIpc) is 2.99. The molecule has 0 radical (unpaired) electrons. The molecular weight excluding hydrogens is 375 g/mol. The van der Waals surface area contributed by atoms with Crippen molar-refractivity contribution in [3.8, 4) is 5.88 Å². The fourth-order valence-electron chi connectivity index (χ4n) is 3.63. The Bertz CT molecular complexity index is 1020. The van der Waals surface area contributed by atoms with E-state index in [-0.39, 0.29) is 35.6 Å². The number of anilines is 1. The molecular formula is C19H16F3N3O3. The summed E-state index contributed by atoms with van der Waals surface area (Å²) in [5, 5.41) is 11.0. The fraction of sp³-hybridized carbons (Fsp3) is 0.316. The minimum Gasteiger partial charge on any atom is -0.481 e. The number of carbonyl (C=O) groups is 1. The van der Waals surface area contributed by atoms with Crippen molar-refractivity contribution in [3.05, 3.63) is 47.2 Å². The number of fused-ring (bicyclic) bond motifs is 2. The molecule has 2 aliphatic heterocycles. The van der Waals surface area contributed by atoms with Gasteiger partial charge < -0.3 is 14.7 Å². The van der Waals surface area contributed by atoms with Crippen LogP contribution in [0.1, 0.15) is 27.9 Å². The van der Waals surface area contributed by atoms with Crippen LogP contribution >= 0.6 is 0 Å². The van der Waals surface area contributed by atoms with Gasteiger partial charge in [0, 0.05) is 36.5 Å². The second kappa shape index (κ2) is 6.03. The summed E-state index contributed by atoms with van der Waals surface area (Å²) in [6.45, 7) is 1.55. The topological polar surface area (TPSA) is 75.0 Å². The maximum Gasteiger partial charge on any atom is 0.416 e. The van der Waals surface area contributed by atoms with Crippen molar-refractivity contribution in [1.82, 2.24) is 4.98 Å². The zero-order valence-corrected chi connectivity index (χ0v) is 15.0. The Balaban J connectivity index is 1.87. The van der Waals surface area contributed by atoms with Crippen molar-refractivity contribution < 1.29 is 27.8 Å². The first-order chi connectivity index (χ1) is 13.1. The standard InChI is InChI=1S/C19H16F3N3O3/c1-10-7-12-14(9-13(10)19(20,21)22)24-17-18(27,16(12)26)4-6-25(17)11-3-5-23-15(8-11)28-2/h3,5,7-9,27H,4,6H2,1-2H3/t18-/m1/s1. The lowest BCUT2D eigenvalue weighted by molar-refractivity contribution is -0.138. The zero-order valence-electron chi connectivity index (χ0n) is 15.0. The number of hydrogen-bond acceptors (Lipinski definition) is 6. The molecule has 4 rings (SSSR count). The lowest BCUT2D eigenvalue weighted by atomic mass is 9.86. The highest BCUT2D eigenvalue weighted by Gasteiger charge is 2.53. The molecule has 0 spiro atoms. The van der Waals surface area contributed by atoms with Gasteiger partial charge >= 0.3 is 6.18 Å². The van der Waals surface area contributed by atoms with E-state index in [0.717, 1.165) is 12.1 Å². The minimum absolute atomic E-state index is 0.00842. The fourth-order valence-corrected chi connectivity index (χ4v) is 3.63. The average molecular weight is 391 g/mol. The molecule has 0 bridgehead atoms. The number of halogens is 3. The first kappa shape index (κ1) is 18.4. The molecule has 1 aromatic carbocycles. The number of aryl methyl sites for hydroxylation is 1. The van der Waals surface area contributed by atoms with Gasteiger partial charge in [-0.1, -0.05) is 0 Å². The van der Waals surface area contributed by atoms with Crippen LogP contribution in [-0.2, 0) is 6.18 Å². The number of ketones is 1. The van der Waals surface area contributed by atoms with Crippen LogP contribution in [0.4, 0.5) is 24.5 Å². The number of methoxy groups -OCH3 is 1. The summed E-state index contributed by atoms with van der Waals surface area (Å²) in [5.41, 5.74) is -2.36. The number of pyridine rings is 1. The summed E-state index contributed by atoms with van der Waals surface area (Å²) < 4.78 is 44.9. The Hall–Kier alpha value is -2.94. The first-order valence-electron chi connectivity index (χ1n) is 8.51. The van der Waals surface area contributed by atoms with Crippen LogP contribution in [0.3, 0.4) is 0 Å². The lowest BCUT2D eigenvalue weighted by Gasteiger charge is -2.30. The van der Waals surface area contributed by atoms with Gasteiger partial charge in [-0.15, -0.1) is 0 Å². The number of aliphatic hydroxyl groups is 1. The minimum atomic E-state index is -4.57. The predicted molar refractivity (Wildman–Crippen MR) is 95.3 cm³/mol. The van der Waals surface area contributed by atoms with Crippen molar-refractivity contribution >= 4 is 23.0 Å². The van der Waals surface area contributed by atoms with E-state index >= 15 is 0 Å². The van der Waals surface area contributed by atoms with Crippen LogP contribution in [-0.4, -0.2) is 41.0 Å². The van der Waals surface area contributed by atoms with Crippen LogP contribution in [0.2, 0.25) is 0 Å². The van der Waals surface area contributed by atoms with Gasteiger partial charge in [0.25, 0.3) is 0 Å². The molecule has 6 nitrogen and oxygen atoms in total. The van der Waals surface area contributed by atoms with Gasteiger partial charge in [-0.3, -0.25) is 4.79 Å². The SMILES string of the molecule is COc1cc(N2CC[C@@]3(O)C(=O)c4cc(C)c(C(F)(F)F)cc4N=C23)ccn1. The summed E-state index contributed by atoms with van der Waals surface area (Å²) in [5.74, 6) is -0.311. The monoisotopic (exact) mass is 391 g/mol. The number of alkyl halides is 3. The maximum atomic E-state index is 13.3. The number of aromatic nitrogens is 1. The van der Waals surface area contributed by atoms with Crippen LogP contribution in [0.25, 0.3) is 0 Å². The molecule has 2 aliphatic rings. The third-order valence-corrected chi connectivity index (χ3v) is 5.06. The molecule has 0 unspecified atom stereocenters. The summed E-state index contributed by atoms with van der Waals surface area (Å²) in [6.07, 6.45) is -2.99. The molecule has 1 saturated heterocycles. The molecule has 1 aromatic heterocycles. The van der Waals surface area contributed by atoms with E-state index in [1.807, 2.05) is 0 Å². The van der Waals surface area contributed by atoms with Crippen molar-refractivity contribution in [2.45, 2.75) is 25.1 Å². The van der Waals surface area contributed by atoms with E-state index in [4.69, 9.17) is 4.74 Å². The predicted octanol–water partition coefficient (Wildman–Crippen LogP) is 3.29. The van der Waals surface area contributed by atoms with Crippen LogP contribution in [0.5, 0.6) is 5.88 Å². The van der Waals surface area contributed by atoms with Crippen molar-refractivity contribution in [1.29, 1.82) is 0 Å². The molecule has 9 heteroatoms. The van der Waals surface area contributed by atoms with Gasteiger partial charge in [0.2, 0.25) is 11.7 Å². The van der Waals surface area contributed by atoms with E-state index in [9.17, 15) is 23.1 Å². The molecule has 2 aromatic rings. The van der Waals surface area contributed by atoms with E-state index < -0.39 is 23.1 Å². The van der Waals surface area contributed by atoms with Gasteiger partial charge in [0.1, 0.15) is 5.84 Å². The second-order valence-corrected chi connectivity index (χ2v) is 6.76. The highest BCUT2D eigenvalue weighted by atomic mass is 19.4. The second-order valence-electron chi connectivity index (χ2n) is 6.76. The molecule has 146 valence electrons. The van der Waals surface area contributed by atoms with E-state index in [1.165, 1.54) is 20.2 Å². The molecule has 1 fully saturated rings. The third-order valence-electron chi connectivity index (χ3n) is 5.06. The summed E-state index contributed by atoms with van der Waals surface area (Å²) >= 11 is 0. The molecule has 3 heterocycles. The Morgan fingerprint density at radius 1 is 1.29 bits per heavy atom. The van der Waals surface area contributed by atoms with Crippen molar-refractivity contribution in [3.63, 3.8) is 0 Å². The number of ether oxygens (including phenoxy) is 1. The number of nitrogens with zero attached hydrogens (tertiary/aromatic N) is 3. The highest BCUT2D eigenvalue weighted by Crippen LogP contribution is 2.43. The van der Waals surface area contributed by atoms with Crippen LogP contribution in [0, 0.1) is 6.92 Å². The third kappa shape index (κ3) is 2.65. The zero-order chi connectivity index (χ0) is 20.3. The Kier molecular flexibility index (Phi) is 3.97. The molecule has 1 atom stereocenters. The highest BCUT2D eigenvalue weighted by molar-refractivity contribution is 6.28. The van der Waals surface area contributed by atoms with Gasteiger partial charge in [0.05, 0.1) is 18.4 Å². The van der Waals surface area contributed by atoms with Crippen LogP contribution in [0.15, 0.2) is 35.5 Å². The van der Waals surface area contributed by atoms with E-state index in [0.29, 0.717) is 11.6 Å². The Morgan fingerprint density at radius 2 is 2.04 bits per heavy atom. The largest absolute Gasteiger partial charge is 0.481 e. The molecule has 28 heavy (non-hydrogen) atoms. The number of carbonyl (C=O) groups excluding carboxylic acids is 1. The van der Waals surface area contributed by atoms with Crippen molar-refractivity contribution in [2.75, 3.05) is 18.6 Å². The number of rotatable bonds is 2. The number of amidine groups is 1. The van der Waals surface area contributed by atoms with Gasteiger partial charge in [-0.05, 0) is 30.7 Å². The number of benzene rings is 1. The van der Waals surface area contributed by atoms with Gasteiger partial charge in [-0.25, -0.2) is 9.98 Å². The van der Waals surface area contributed by atoms with Crippen molar-refractivity contribution in [2.24, 2.45) is 4.99 Å². The molecule has 1 N–H and O–H groups in total. The molecule has 0 amide bonds. The van der Waals surface area contributed by atoms with E-state index in [2.05, 4.69) is 9.98 Å². The van der Waals surface area contributed by atoms with Gasteiger partial charge in [0.15, 0.2) is 5.60 Å². The van der Waals surface area contributed by atoms with E-state index in [1.54, 1.807) is 17.0 Å². The molecule has 0 aliphatic carbocycles. The summed E-state index contributed by atoms with van der Waals surface area (Å²) in [7, 11) is 1.45. The quantitative estimate of drug-likeness (QED) is 0.850.